The van der Waals surface area contributed by atoms with E-state index in [0.29, 0.717) is 22.7 Å². The molecule has 0 radical (unpaired) electrons. The van der Waals surface area contributed by atoms with E-state index in [9.17, 15) is 10.1 Å². The van der Waals surface area contributed by atoms with Crippen molar-refractivity contribution in [2.45, 2.75) is 31.7 Å². The fourth-order valence-corrected chi connectivity index (χ4v) is 3.14. The number of anilines is 1. The third-order valence-electron chi connectivity index (χ3n) is 4.25. The van der Waals surface area contributed by atoms with E-state index in [2.05, 4.69) is 10.2 Å². The van der Waals surface area contributed by atoms with Gasteiger partial charge >= 0.3 is 0 Å². The first kappa shape index (κ1) is 14.6. The summed E-state index contributed by atoms with van der Waals surface area (Å²) >= 11 is 5.92. The molecule has 1 atom stereocenters. The van der Waals surface area contributed by atoms with Gasteiger partial charge in [-0.05, 0) is 50.3 Å². The summed E-state index contributed by atoms with van der Waals surface area (Å²) in [7, 11) is 0. The van der Waals surface area contributed by atoms with Crippen LogP contribution in [0.4, 0.5) is 11.4 Å². The first-order valence-electron chi connectivity index (χ1n) is 7.56. The maximum atomic E-state index is 11.3. The Bertz CT molecular complexity index is 528. The smallest absolute Gasteiger partial charge is 0.294 e. The molecule has 1 aromatic carbocycles. The molecule has 0 amide bonds. The SMILES string of the molecule is O=[N+]([O-])c1cc(Cl)ccc1N(CC1CC1)CC1CCCN1. The molecular weight excluding hydrogens is 290 g/mol. The predicted octanol–water partition coefficient (Wildman–Crippen LogP) is 3.22. The van der Waals surface area contributed by atoms with E-state index in [4.69, 9.17) is 11.6 Å². The molecule has 1 unspecified atom stereocenters. The van der Waals surface area contributed by atoms with E-state index in [1.165, 1.54) is 25.3 Å². The van der Waals surface area contributed by atoms with Crippen LogP contribution in [0.1, 0.15) is 25.7 Å². The molecule has 2 fully saturated rings. The largest absolute Gasteiger partial charge is 0.364 e. The van der Waals surface area contributed by atoms with Gasteiger partial charge in [0.2, 0.25) is 0 Å². The molecule has 1 saturated carbocycles. The molecule has 0 bridgehead atoms. The molecule has 1 saturated heterocycles. The van der Waals surface area contributed by atoms with Gasteiger partial charge in [-0.3, -0.25) is 10.1 Å². The Labute approximate surface area is 129 Å². The number of nitrogens with one attached hydrogen (secondary N) is 1. The number of nitrogens with zero attached hydrogens (tertiary/aromatic N) is 2. The monoisotopic (exact) mass is 309 g/mol. The molecule has 1 aliphatic carbocycles. The number of nitro benzene ring substituents is 1. The molecule has 0 aromatic heterocycles. The van der Waals surface area contributed by atoms with Crippen molar-refractivity contribution in [3.8, 4) is 0 Å². The van der Waals surface area contributed by atoms with Gasteiger partial charge < -0.3 is 10.2 Å². The Morgan fingerprint density at radius 1 is 1.33 bits per heavy atom. The van der Waals surface area contributed by atoms with E-state index < -0.39 is 0 Å². The molecule has 0 spiro atoms. The Hall–Kier alpha value is -1.33. The lowest BCUT2D eigenvalue weighted by atomic mass is 10.1. The van der Waals surface area contributed by atoms with Gasteiger partial charge in [-0.1, -0.05) is 11.6 Å². The van der Waals surface area contributed by atoms with Crippen LogP contribution >= 0.6 is 11.6 Å². The summed E-state index contributed by atoms with van der Waals surface area (Å²) in [6.45, 7) is 2.78. The van der Waals surface area contributed by atoms with Crippen molar-refractivity contribution in [1.29, 1.82) is 0 Å². The predicted molar refractivity (Wildman–Crippen MR) is 84.1 cm³/mol. The minimum Gasteiger partial charge on any atom is -0.364 e. The maximum absolute atomic E-state index is 11.3. The van der Waals surface area contributed by atoms with Crippen LogP contribution in [0.15, 0.2) is 18.2 Å². The Morgan fingerprint density at radius 3 is 2.76 bits per heavy atom. The van der Waals surface area contributed by atoms with Crippen LogP contribution in [0.3, 0.4) is 0 Å². The number of nitro groups is 1. The lowest BCUT2D eigenvalue weighted by Gasteiger charge is -2.27. The second-order valence-electron chi connectivity index (χ2n) is 6.03. The molecule has 1 aromatic rings. The number of hydrogen-bond acceptors (Lipinski definition) is 4. The van der Waals surface area contributed by atoms with Gasteiger partial charge in [0.25, 0.3) is 5.69 Å². The highest BCUT2D eigenvalue weighted by molar-refractivity contribution is 6.30. The van der Waals surface area contributed by atoms with Crippen LogP contribution in [0.25, 0.3) is 0 Å². The van der Waals surface area contributed by atoms with Crippen molar-refractivity contribution in [3.05, 3.63) is 33.3 Å². The standard InChI is InChI=1S/C15H20ClN3O2/c16-12-5-6-14(15(8-12)19(20)21)18(9-11-3-4-11)10-13-2-1-7-17-13/h5-6,8,11,13,17H,1-4,7,9-10H2. The van der Waals surface area contributed by atoms with Gasteiger partial charge in [0.05, 0.1) is 4.92 Å². The third-order valence-corrected chi connectivity index (χ3v) is 4.49. The zero-order valence-corrected chi connectivity index (χ0v) is 12.7. The molecule has 1 N–H and O–H groups in total. The summed E-state index contributed by atoms with van der Waals surface area (Å²) in [6.07, 6.45) is 4.79. The van der Waals surface area contributed by atoms with Crippen LogP contribution in [0.5, 0.6) is 0 Å². The van der Waals surface area contributed by atoms with E-state index in [0.717, 1.165) is 26.1 Å². The summed E-state index contributed by atoms with van der Waals surface area (Å²) in [5.74, 6) is 0.682. The summed E-state index contributed by atoms with van der Waals surface area (Å²) in [5, 5.41) is 15.2. The van der Waals surface area contributed by atoms with Gasteiger partial charge in [0.1, 0.15) is 5.69 Å². The number of hydrogen-bond donors (Lipinski definition) is 1. The molecule has 5 nitrogen and oxygen atoms in total. The van der Waals surface area contributed by atoms with Crippen molar-refractivity contribution >= 4 is 23.0 Å². The Balaban J connectivity index is 1.85. The maximum Gasteiger partial charge on any atom is 0.294 e. The van der Waals surface area contributed by atoms with E-state index >= 15 is 0 Å². The highest BCUT2D eigenvalue weighted by Crippen LogP contribution is 2.36. The van der Waals surface area contributed by atoms with Crippen LogP contribution in [0.2, 0.25) is 5.02 Å². The molecule has 2 aliphatic rings. The van der Waals surface area contributed by atoms with Crippen molar-refractivity contribution in [1.82, 2.24) is 5.32 Å². The van der Waals surface area contributed by atoms with Crippen LogP contribution in [-0.2, 0) is 0 Å². The van der Waals surface area contributed by atoms with Gasteiger partial charge in [-0.15, -0.1) is 0 Å². The highest BCUT2D eigenvalue weighted by Gasteiger charge is 2.29. The fraction of sp³-hybridized carbons (Fsp3) is 0.600. The minimum atomic E-state index is -0.330. The summed E-state index contributed by atoms with van der Waals surface area (Å²) < 4.78 is 0. The highest BCUT2D eigenvalue weighted by atomic mass is 35.5. The first-order valence-corrected chi connectivity index (χ1v) is 7.93. The zero-order chi connectivity index (χ0) is 14.8. The van der Waals surface area contributed by atoms with Gasteiger partial charge in [0, 0.05) is 30.2 Å². The van der Waals surface area contributed by atoms with Crippen molar-refractivity contribution in [2.24, 2.45) is 5.92 Å². The Kier molecular flexibility index (Phi) is 4.31. The lowest BCUT2D eigenvalue weighted by Crippen LogP contribution is -2.39. The van der Waals surface area contributed by atoms with Gasteiger partial charge in [0.15, 0.2) is 0 Å². The van der Waals surface area contributed by atoms with Crippen LogP contribution < -0.4 is 10.2 Å². The van der Waals surface area contributed by atoms with Crippen molar-refractivity contribution < 1.29 is 4.92 Å². The molecule has 114 valence electrons. The zero-order valence-electron chi connectivity index (χ0n) is 11.9. The lowest BCUT2D eigenvalue weighted by molar-refractivity contribution is -0.384. The number of halogens is 1. The fourth-order valence-electron chi connectivity index (χ4n) is 2.97. The topological polar surface area (TPSA) is 58.4 Å². The minimum absolute atomic E-state index is 0.112. The molecule has 3 rings (SSSR count). The second-order valence-corrected chi connectivity index (χ2v) is 6.47. The normalized spacial score (nSPS) is 21.5. The van der Waals surface area contributed by atoms with Crippen molar-refractivity contribution in [2.75, 3.05) is 24.5 Å². The second kappa shape index (κ2) is 6.20. The van der Waals surface area contributed by atoms with Gasteiger partial charge in [-0.25, -0.2) is 0 Å². The Morgan fingerprint density at radius 2 is 2.14 bits per heavy atom. The molecule has 1 heterocycles. The molecule has 21 heavy (non-hydrogen) atoms. The summed E-state index contributed by atoms with van der Waals surface area (Å²) in [4.78, 5) is 13.2. The van der Waals surface area contributed by atoms with Crippen molar-refractivity contribution in [3.63, 3.8) is 0 Å². The average molecular weight is 310 g/mol. The number of rotatable bonds is 6. The quantitative estimate of drug-likeness (QED) is 0.647. The van der Waals surface area contributed by atoms with E-state index in [1.54, 1.807) is 12.1 Å². The van der Waals surface area contributed by atoms with Crippen LogP contribution in [-0.4, -0.2) is 30.6 Å². The molecule has 6 heteroatoms. The van der Waals surface area contributed by atoms with E-state index in [1.807, 2.05) is 0 Å². The molecule has 1 aliphatic heterocycles. The third kappa shape index (κ3) is 3.66. The van der Waals surface area contributed by atoms with Gasteiger partial charge in [-0.2, -0.15) is 0 Å². The summed E-state index contributed by atoms with van der Waals surface area (Å²) in [6, 6.07) is 5.42. The average Bonchev–Trinajstić information content (AvgIpc) is 3.11. The van der Waals surface area contributed by atoms with E-state index in [-0.39, 0.29) is 10.6 Å². The molecular formula is C15H20ClN3O2. The van der Waals surface area contributed by atoms with Crippen LogP contribution in [0, 0.1) is 16.0 Å². The number of benzene rings is 1. The first-order chi connectivity index (χ1) is 10.1. The summed E-state index contributed by atoms with van der Waals surface area (Å²) in [5.41, 5.74) is 0.811.